The van der Waals surface area contributed by atoms with E-state index in [1.807, 2.05) is 6.61 Å². The number of hydrogen-bond donors (Lipinski definition) is 0. The highest BCUT2D eigenvalue weighted by Crippen LogP contribution is 2.11. The predicted molar refractivity (Wildman–Crippen MR) is 64.4 cm³/mol. The molecule has 0 saturated heterocycles. The Morgan fingerprint density at radius 2 is 1.73 bits per heavy atom. The van der Waals surface area contributed by atoms with Gasteiger partial charge in [-0.25, -0.2) is 0 Å². The number of hydrogen-bond acceptors (Lipinski definition) is 2. The van der Waals surface area contributed by atoms with Crippen molar-refractivity contribution in [1.29, 1.82) is 0 Å². The van der Waals surface area contributed by atoms with Crippen molar-refractivity contribution in [2.45, 2.75) is 59.3 Å². The van der Waals surface area contributed by atoms with Crippen LogP contribution >= 0.6 is 0 Å². The van der Waals surface area contributed by atoms with Crippen molar-refractivity contribution in [3.63, 3.8) is 0 Å². The minimum absolute atomic E-state index is 0.419. The summed E-state index contributed by atoms with van der Waals surface area (Å²) in [7, 11) is 0. The minimum atomic E-state index is 0.419. The average Bonchev–Trinajstić information content (AvgIpc) is 2.27. The number of unbranched alkanes of at least 4 members (excludes halogenated alkanes) is 3. The summed E-state index contributed by atoms with van der Waals surface area (Å²) in [5, 5.41) is 0. The van der Waals surface area contributed by atoms with E-state index in [-0.39, 0.29) is 0 Å². The van der Waals surface area contributed by atoms with E-state index in [1.54, 1.807) is 0 Å². The molecule has 0 bridgehead atoms. The lowest BCUT2D eigenvalue weighted by Crippen LogP contribution is -2.05. The summed E-state index contributed by atoms with van der Waals surface area (Å²) in [6.45, 7) is 9.75. The van der Waals surface area contributed by atoms with Gasteiger partial charge in [0.05, 0.1) is 6.61 Å². The molecule has 2 nitrogen and oxygen atoms in total. The summed E-state index contributed by atoms with van der Waals surface area (Å²) < 4.78 is 10.7. The van der Waals surface area contributed by atoms with Crippen LogP contribution < -0.4 is 0 Å². The van der Waals surface area contributed by atoms with Gasteiger partial charge in [-0.15, -0.1) is 0 Å². The van der Waals surface area contributed by atoms with Crippen molar-refractivity contribution >= 4 is 0 Å². The molecule has 1 radical (unpaired) electrons. The molecule has 0 heterocycles. The third-order valence-electron chi connectivity index (χ3n) is 2.63. The first-order valence-corrected chi connectivity index (χ1v) is 6.37. The molecule has 0 aromatic heterocycles. The van der Waals surface area contributed by atoms with Crippen LogP contribution in [0.3, 0.4) is 0 Å². The molecule has 0 aromatic carbocycles. The van der Waals surface area contributed by atoms with E-state index in [9.17, 15) is 0 Å². The van der Waals surface area contributed by atoms with Crippen molar-refractivity contribution in [1.82, 2.24) is 0 Å². The van der Waals surface area contributed by atoms with Crippen molar-refractivity contribution in [3.05, 3.63) is 6.61 Å². The van der Waals surface area contributed by atoms with Crippen molar-refractivity contribution in [2.75, 3.05) is 13.4 Å². The summed E-state index contributed by atoms with van der Waals surface area (Å²) in [6.07, 6.45) is 7.30. The highest BCUT2D eigenvalue weighted by Gasteiger charge is 2.03. The maximum Gasteiger partial charge on any atom is 0.147 e. The topological polar surface area (TPSA) is 18.5 Å². The van der Waals surface area contributed by atoms with E-state index in [0.717, 1.165) is 25.9 Å². The second-order valence-electron chi connectivity index (χ2n) is 3.97. The van der Waals surface area contributed by atoms with Crippen molar-refractivity contribution in [2.24, 2.45) is 5.92 Å². The Morgan fingerprint density at radius 3 is 2.33 bits per heavy atom. The Bertz CT molecular complexity index is 111. The molecular weight excluding hydrogens is 188 g/mol. The lowest BCUT2D eigenvalue weighted by molar-refractivity contribution is -0.0382. The van der Waals surface area contributed by atoms with Crippen LogP contribution in [0, 0.1) is 12.5 Å². The Kier molecular flexibility index (Phi) is 11.9. The van der Waals surface area contributed by atoms with Crippen LogP contribution in [0.25, 0.3) is 0 Å². The Balaban J connectivity index is 3.04. The molecule has 0 spiro atoms. The smallest absolute Gasteiger partial charge is 0.147 e. The van der Waals surface area contributed by atoms with E-state index in [4.69, 9.17) is 9.47 Å². The van der Waals surface area contributed by atoms with Gasteiger partial charge < -0.3 is 9.47 Å². The molecule has 0 aliphatic rings. The molecule has 91 valence electrons. The lowest BCUT2D eigenvalue weighted by Gasteiger charge is -2.11. The van der Waals surface area contributed by atoms with E-state index >= 15 is 0 Å². The summed E-state index contributed by atoms with van der Waals surface area (Å²) >= 11 is 0. The first kappa shape index (κ1) is 14.9. The Labute approximate surface area is 95.3 Å². The fourth-order valence-corrected chi connectivity index (χ4v) is 1.39. The standard InChI is InChI=1S/C13H27O2/c1-4-7-8-9-10-14-12-15-11-13(5-2)6-3/h11,13H,4-10,12H2,1-3H3. The molecule has 15 heavy (non-hydrogen) atoms. The largest absolute Gasteiger partial charge is 0.355 e. The molecule has 2 heteroatoms. The fourth-order valence-electron chi connectivity index (χ4n) is 1.39. The van der Waals surface area contributed by atoms with Gasteiger partial charge in [0.1, 0.15) is 6.79 Å². The van der Waals surface area contributed by atoms with Gasteiger partial charge >= 0.3 is 0 Å². The zero-order valence-electron chi connectivity index (χ0n) is 10.6. The summed E-state index contributed by atoms with van der Waals surface area (Å²) in [6, 6.07) is 0. The molecule has 0 fully saturated rings. The molecule has 0 aromatic rings. The second-order valence-corrected chi connectivity index (χ2v) is 3.97. The van der Waals surface area contributed by atoms with Gasteiger partial charge in [0.15, 0.2) is 0 Å². The highest BCUT2D eigenvalue weighted by molar-refractivity contribution is 4.62. The van der Waals surface area contributed by atoms with Crippen LogP contribution in [0.1, 0.15) is 59.3 Å². The van der Waals surface area contributed by atoms with Gasteiger partial charge in [0.25, 0.3) is 0 Å². The lowest BCUT2D eigenvalue weighted by atomic mass is 10.1. The number of rotatable bonds is 11. The molecule has 0 amide bonds. The molecular formula is C13H27O2. The highest BCUT2D eigenvalue weighted by atomic mass is 16.7. The van der Waals surface area contributed by atoms with Crippen molar-refractivity contribution in [3.8, 4) is 0 Å². The van der Waals surface area contributed by atoms with Gasteiger partial charge in [0.2, 0.25) is 0 Å². The molecule has 0 saturated carbocycles. The van der Waals surface area contributed by atoms with Gasteiger partial charge in [-0.05, 0) is 12.3 Å². The van der Waals surface area contributed by atoms with Gasteiger partial charge in [-0.1, -0.05) is 52.9 Å². The van der Waals surface area contributed by atoms with Crippen LogP contribution in [0.2, 0.25) is 0 Å². The van der Waals surface area contributed by atoms with E-state index < -0.39 is 0 Å². The molecule has 0 aliphatic carbocycles. The van der Waals surface area contributed by atoms with Gasteiger partial charge in [-0.3, -0.25) is 0 Å². The average molecular weight is 215 g/mol. The monoisotopic (exact) mass is 215 g/mol. The maximum atomic E-state index is 5.37. The van der Waals surface area contributed by atoms with Crippen LogP contribution in [-0.2, 0) is 9.47 Å². The maximum absolute atomic E-state index is 5.37. The van der Waals surface area contributed by atoms with E-state index in [2.05, 4.69) is 20.8 Å². The van der Waals surface area contributed by atoms with E-state index in [0.29, 0.717) is 12.7 Å². The molecule has 0 rings (SSSR count). The van der Waals surface area contributed by atoms with Crippen LogP contribution in [0.4, 0.5) is 0 Å². The third-order valence-corrected chi connectivity index (χ3v) is 2.63. The fraction of sp³-hybridized carbons (Fsp3) is 0.923. The van der Waals surface area contributed by atoms with Crippen LogP contribution in [-0.4, -0.2) is 13.4 Å². The number of ether oxygens (including phenoxy) is 2. The Hall–Kier alpha value is -0.0800. The zero-order valence-corrected chi connectivity index (χ0v) is 10.6. The first-order valence-electron chi connectivity index (χ1n) is 6.37. The van der Waals surface area contributed by atoms with Crippen LogP contribution in [0.5, 0.6) is 0 Å². The zero-order chi connectivity index (χ0) is 11.4. The third kappa shape index (κ3) is 10.2. The molecule has 0 N–H and O–H groups in total. The quantitative estimate of drug-likeness (QED) is 0.380. The minimum Gasteiger partial charge on any atom is -0.355 e. The summed E-state index contributed by atoms with van der Waals surface area (Å²) in [5.41, 5.74) is 0. The summed E-state index contributed by atoms with van der Waals surface area (Å²) in [4.78, 5) is 0. The second kappa shape index (κ2) is 12.0. The summed E-state index contributed by atoms with van der Waals surface area (Å²) in [5.74, 6) is 0.577. The molecule has 0 atom stereocenters. The van der Waals surface area contributed by atoms with E-state index in [1.165, 1.54) is 19.3 Å². The van der Waals surface area contributed by atoms with Gasteiger partial charge in [-0.2, -0.15) is 0 Å². The first-order chi connectivity index (χ1) is 7.35. The predicted octanol–water partition coefficient (Wildman–Crippen LogP) is 4.16. The SMILES string of the molecule is CCCCCCOCO[CH]C(CC)CC. The Morgan fingerprint density at radius 1 is 1.00 bits per heavy atom. The van der Waals surface area contributed by atoms with Crippen molar-refractivity contribution < 1.29 is 9.47 Å². The normalized spacial score (nSPS) is 11.2. The molecule has 0 unspecified atom stereocenters. The molecule has 0 aliphatic heterocycles. The van der Waals surface area contributed by atoms with Crippen LogP contribution in [0.15, 0.2) is 0 Å². The van der Waals surface area contributed by atoms with Gasteiger partial charge in [0, 0.05) is 6.61 Å².